The summed E-state index contributed by atoms with van der Waals surface area (Å²) in [5, 5.41) is 0. The molecule has 0 saturated heterocycles. The Morgan fingerprint density at radius 2 is 1.73 bits per heavy atom. The van der Waals surface area contributed by atoms with Crippen molar-refractivity contribution in [2.75, 3.05) is 6.54 Å². The Morgan fingerprint density at radius 1 is 1.00 bits per heavy atom. The van der Waals surface area contributed by atoms with Crippen LogP contribution in [0.2, 0.25) is 0 Å². The molecule has 0 unspecified atom stereocenters. The Hall–Kier alpha value is -4.11. The van der Waals surface area contributed by atoms with Crippen LogP contribution in [0.4, 0.5) is 0 Å². The predicted molar refractivity (Wildman–Crippen MR) is 109 cm³/mol. The van der Waals surface area contributed by atoms with Crippen LogP contribution in [0.3, 0.4) is 0 Å². The molecular weight excluding hydrogens is 380 g/mol. The topological polar surface area (TPSA) is 70.8 Å². The Labute approximate surface area is 173 Å². The maximum Gasteiger partial charge on any atom is 0.261 e. The molecule has 0 aliphatic carbocycles. The first-order valence-electron chi connectivity index (χ1n) is 9.38. The maximum absolute atomic E-state index is 13.0. The van der Waals surface area contributed by atoms with Gasteiger partial charge in [0.1, 0.15) is 5.76 Å². The summed E-state index contributed by atoms with van der Waals surface area (Å²) in [5.41, 5.74) is 1.89. The van der Waals surface area contributed by atoms with Crippen LogP contribution in [0.15, 0.2) is 71.3 Å². The van der Waals surface area contributed by atoms with Crippen LogP contribution in [0.25, 0.3) is 0 Å². The van der Waals surface area contributed by atoms with Gasteiger partial charge in [0.2, 0.25) is 0 Å². The minimum Gasteiger partial charge on any atom is -0.467 e. The maximum atomic E-state index is 13.0. The molecule has 2 heterocycles. The molecule has 0 N–H and O–H groups in total. The largest absolute Gasteiger partial charge is 0.467 e. The second kappa shape index (κ2) is 8.10. The van der Waals surface area contributed by atoms with E-state index in [1.54, 1.807) is 60.7 Å². The van der Waals surface area contributed by atoms with Crippen molar-refractivity contribution in [1.29, 1.82) is 0 Å². The van der Waals surface area contributed by atoms with Crippen molar-refractivity contribution in [3.05, 3.63) is 94.9 Å². The zero-order valence-electron chi connectivity index (χ0n) is 16.1. The monoisotopic (exact) mass is 398 g/mol. The molecule has 30 heavy (non-hydrogen) atoms. The summed E-state index contributed by atoms with van der Waals surface area (Å²) in [4.78, 5) is 40.9. The second-order valence-electron chi connectivity index (χ2n) is 6.89. The van der Waals surface area contributed by atoms with E-state index in [9.17, 15) is 14.4 Å². The zero-order valence-corrected chi connectivity index (χ0v) is 16.1. The summed E-state index contributed by atoms with van der Waals surface area (Å²) < 4.78 is 5.32. The molecule has 3 amide bonds. The smallest absolute Gasteiger partial charge is 0.261 e. The molecule has 2 aromatic carbocycles. The summed E-state index contributed by atoms with van der Waals surface area (Å²) in [5.74, 6) is 2.19. The van der Waals surface area contributed by atoms with E-state index in [4.69, 9.17) is 10.8 Å². The highest BCUT2D eigenvalue weighted by Gasteiger charge is 2.35. The fourth-order valence-electron chi connectivity index (χ4n) is 3.45. The number of carbonyl (C=O) groups excluding carboxylic acids is 3. The first-order valence-corrected chi connectivity index (χ1v) is 9.38. The van der Waals surface area contributed by atoms with Gasteiger partial charge in [0.15, 0.2) is 0 Å². The number of carbonyl (C=O) groups is 3. The molecule has 1 aliphatic heterocycles. The number of benzene rings is 2. The van der Waals surface area contributed by atoms with Crippen molar-refractivity contribution in [2.24, 2.45) is 0 Å². The van der Waals surface area contributed by atoms with Gasteiger partial charge < -0.3 is 9.32 Å². The Bertz CT molecular complexity index is 1120. The minimum atomic E-state index is -0.334. The molecule has 1 aliphatic rings. The van der Waals surface area contributed by atoms with E-state index >= 15 is 0 Å². The van der Waals surface area contributed by atoms with Crippen molar-refractivity contribution >= 4 is 17.7 Å². The van der Waals surface area contributed by atoms with Gasteiger partial charge in [0, 0.05) is 5.56 Å². The number of rotatable bonds is 6. The summed E-state index contributed by atoms with van der Waals surface area (Å²) >= 11 is 0. The molecule has 0 atom stereocenters. The second-order valence-corrected chi connectivity index (χ2v) is 6.89. The summed E-state index contributed by atoms with van der Waals surface area (Å²) in [6.45, 7) is 0.460. The van der Waals surface area contributed by atoms with E-state index in [0.717, 1.165) is 0 Å². The lowest BCUT2D eigenvalue weighted by Gasteiger charge is -2.20. The average Bonchev–Trinajstić information content (AvgIpc) is 3.36. The number of amides is 3. The number of hydrogen-bond acceptors (Lipinski definition) is 4. The molecule has 0 spiro atoms. The van der Waals surface area contributed by atoms with Gasteiger partial charge in [0.05, 0.1) is 37.0 Å². The predicted octanol–water partition coefficient (Wildman–Crippen LogP) is 3.35. The third kappa shape index (κ3) is 3.61. The molecule has 4 rings (SSSR count). The number of terminal acetylenes is 1. The summed E-state index contributed by atoms with van der Waals surface area (Å²) in [6.07, 6.45) is 6.97. The van der Waals surface area contributed by atoms with E-state index in [1.807, 2.05) is 0 Å². The lowest BCUT2D eigenvalue weighted by molar-refractivity contribution is 0.0642. The third-order valence-corrected chi connectivity index (χ3v) is 4.89. The van der Waals surface area contributed by atoms with Crippen LogP contribution < -0.4 is 0 Å². The van der Waals surface area contributed by atoms with Crippen molar-refractivity contribution in [1.82, 2.24) is 9.80 Å². The van der Waals surface area contributed by atoms with E-state index in [1.165, 1.54) is 16.1 Å². The highest BCUT2D eigenvalue weighted by Crippen LogP contribution is 2.24. The third-order valence-electron chi connectivity index (χ3n) is 4.89. The molecule has 0 fully saturated rings. The summed E-state index contributed by atoms with van der Waals surface area (Å²) in [7, 11) is 0. The van der Waals surface area contributed by atoms with E-state index in [-0.39, 0.29) is 37.4 Å². The van der Waals surface area contributed by atoms with Crippen LogP contribution >= 0.6 is 0 Å². The zero-order chi connectivity index (χ0) is 21.1. The van der Waals surface area contributed by atoms with Crippen molar-refractivity contribution in [2.45, 2.75) is 13.1 Å². The van der Waals surface area contributed by atoms with Crippen LogP contribution in [0, 0.1) is 12.3 Å². The number of nitrogens with zero attached hydrogens (tertiary/aromatic N) is 2. The molecule has 0 radical (unpaired) electrons. The molecule has 3 aromatic rings. The highest BCUT2D eigenvalue weighted by atomic mass is 16.3. The molecule has 148 valence electrons. The van der Waals surface area contributed by atoms with Gasteiger partial charge in [-0.25, -0.2) is 0 Å². The fraction of sp³-hybridized carbons (Fsp3) is 0.125. The Morgan fingerprint density at radius 3 is 2.37 bits per heavy atom. The van der Waals surface area contributed by atoms with Crippen molar-refractivity contribution in [3.8, 4) is 12.3 Å². The molecule has 0 saturated carbocycles. The average molecular weight is 398 g/mol. The number of fused-ring (bicyclic) bond motifs is 1. The lowest BCUT2D eigenvalue weighted by atomic mass is 10.1. The first-order chi connectivity index (χ1) is 14.6. The van der Waals surface area contributed by atoms with Gasteiger partial charge in [-0.15, -0.1) is 6.42 Å². The first kappa shape index (κ1) is 19.2. The Kier molecular flexibility index (Phi) is 5.19. The highest BCUT2D eigenvalue weighted by molar-refractivity contribution is 6.21. The molecule has 6 heteroatoms. The van der Waals surface area contributed by atoms with Gasteiger partial charge in [-0.1, -0.05) is 30.2 Å². The normalized spacial score (nSPS) is 12.6. The summed E-state index contributed by atoms with van der Waals surface area (Å²) in [6, 6.07) is 17.1. The number of hydrogen-bond donors (Lipinski definition) is 0. The molecule has 1 aromatic heterocycles. The van der Waals surface area contributed by atoms with Crippen molar-refractivity contribution in [3.63, 3.8) is 0 Å². The van der Waals surface area contributed by atoms with Gasteiger partial charge in [-0.2, -0.15) is 0 Å². The molecular formula is C24H18N2O4. The number of furan rings is 1. The van der Waals surface area contributed by atoms with E-state index in [0.29, 0.717) is 28.0 Å². The Balaban J connectivity index is 1.54. The van der Waals surface area contributed by atoms with Gasteiger partial charge in [0.25, 0.3) is 17.7 Å². The van der Waals surface area contributed by atoms with Crippen LogP contribution in [0.1, 0.15) is 42.4 Å². The minimum absolute atomic E-state index is 0.0841. The van der Waals surface area contributed by atoms with Crippen molar-refractivity contribution < 1.29 is 18.8 Å². The molecule has 6 nitrogen and oxygen atoms in total. The van der Waals surface area contributed by atoms with Gasteiger partial charge in [-0.3, -0.25) is 19.3 Å². The van der Waals surface area contributed by atoms with E-state index < -0.39 is 0 Å². The van der Waals surface area contributed by atoms with Crippen LogP contribution in [-0.2, 0) is 13.1 Å². The SMILES string of the molecule is C#CCN(Cc1ccco1)C(=O)c1cccc(CN2C(=O)c3ccccc3C2=O)c1. The van der Waals surface area contributed by atoms with E-state index in [2.05, 4.69) is 5.92 Å². The molecule has 0 bridgehead atoms. The quantitative estimate of drug-likeness (QED) is 0.472. The van der Waals surface area contributed by atoms with Gasteiger partial charge in [-0.05, 0) is 42.0 Å². The fourth-order valence-corrected chi connectivity index (χ4v) is 3.45. The lowest BCUT2D eigenvalue weighted by Crippen LogP contribution is -2.31. The van der Waals surface area contributed by atoms with Gasteiger partial charge >= 0.3 is 0 Å². The number of imide groups is 1. The standard InChI is InChI=1S/C24H18N2O4/c1-2-12-25(16-19-9-6-13-30-19)22(27)18-8-5-7-17(14-18)15-26-23(28)20-10-3-4-11-21(20)24(26)29/h1,3-11,13-14H,12,15-16H2. The van der Waals surface area contributed by atoms with Crippen LogP contribution in [-0.4, -0.2) is 34.1 Å². The van der Waals surface area contributed by atoms with Crippen LogP contribution in [0.5, 0.6) is 0 Å².